The fraction of sp³-hybridized carbons (Fsp3) is 1.00. The van der Waals surface area contributed by atoms with Gasteiger partial charge in [0, 0.05) is 12.1 Å². The lowest BCUT2D eigenvalue weighted by atomic mass is 9.91. The van der Waals surface area contributed by atoms with E-state index in [1.165, 1.54) is 52.0 Å². The van der Waals surface area contributed by atoms with E-state index in [1.54, 1.807) is 0 Å². The van der Waals surface area contributed by atoms with Crippen LogP contribution in [0.5, 0.6) is 0 Å². The molecule has 1 N–H and O–H groups in total. The van der Waals surface area contributed by atoms with Crippen molar-refractivity contribution in [2.45, 2.75) is 45.2 Å². The number of hydrogen-bond donors (Lipinski definition) is 1. The first-order valence-electron chi connectivity index (χ1n) is 7.37. The Hall–Kier alpha value is -0.120. The molecule has 0 aromatic rings. The van der Waals surface area contributed by atoms with Gasteiger partial charge in [-0.3, -0.25) is 0 Å². The molecule has 2 atom stereocenters. The zero-order valence-electron chi connectivity index (χ0n) is 11.8. The Morgan fingerprint density at radius 2 is 1.94 bits per heavy atom. The maximum absolute atomic E-state index is 3.50. The summed E-state index contributed by atoms with van der Waals surface area (Å²) in [5.41, 5.74) is 0. The van der Waals surface area contributed by atoms with Gasteiger partial charge in [-0.1, -0.05) is 13.8 Å². The van der Waals surface area contributed by atoms with E-state index in [0.29, 0.717) is 0 Å². The lowest BCUT2D eigenvalue weighted by Crippen LogP contribution is -2.53. The zero-order chi connectivity index (χ0) is 12.3. The van der Waals surface area contributed by atoms with Crippen molar-refractivity contribution in [3.05, 3.63) is 0 Å². The van der Waals surface area contributed by atoms with Crippen LogP contribution in [0.2, 0.25) is 0 Å². The van der Waals surface area contributed by atoms with Crippen LogP contribution in [0.1, 0.15) is 33.1 Å². The molecule has 17 heavy (non-hydrogen) atoms. The highest BCUT2D eigenvalue weighted by molar-refractivity contribution is 4.87. The second-order valence-electron chi connectivity index (χ2n) is 5.87. The molecule has 2 heterocycles. The zero-order valence-corrected chi connectivity index (χ0v) is 11.8. The van der Waals surface area contributed by atoms with Crippen molar-refractivity contribution in [1.29, 1.82) is 0 Å². The van der Waals surface area contributed by atoms with Gasteiger partial charge in [-0.15, -0.1) is 0 Å². The van der Waals surface area contributed by atoms with Gasteiger partial charge in [0.1, 0.15) is 0 Å². The van der Waals surface area contributed by atoms with Crippen LogP contribution in [-0.4, -0.2) is 61.7 Å². The van der Waals surface area contributed by atoms with Gasteiger partial charge >= 0.3 is 0 Å². The van der Waals surface area contributed by atoms with Crippen LogP contribution < -0.4 is 5.32 Å². The average Bonchev–Trinajstić information content (AvgIpc) is 2.39. The summed E-state index contributed by atoms with van der Waals surface area (Å²) in [6.45, 7) is 10.9. The fourth-order valence-corrected chi connectivity index (χ4v) is 3.52. The minimum absolute atomic E-state index is 0.800. The second kappa shape index (κ2) is 6.17. The van der Waals surface area contributed by atoms with Crippen molar-refractivity contribution >= 4 is 0 Å². The summed E-state index contributed by atoms with van der Waals surface area (Å²) in [7, 11) is 2.36. The highest BCUT2D eigenvalue weighted by Gasteiger charge is 2.30. The molecule has 0 amide bonds. The van der Waals surface area contributed by atoms with Gasteiger partial charge in [0.25, 0.3) is 0 Å². The molecule has 2 rings (SSSR count). The van der Waals surface area contributed by atoms with Crippen LogP contribution in [0.25, 0.3) is 0 Å². The van der Waals surface area contributed by atoms with Crippen molar-refractivity contribution in [2.75, 3.05) is 39.8 Å². The maximum atomic E-state index is 3.50. The van der Waals surface area contributed by atoms with Crippen LogP contribution in [-0.2, 0) is 0 Å². The van der Waals surface area contributed by atoms with Crippen molar-refractivity contribution in [3.8, 4) is 0 Å². The topological polar surface area (TPSA) is 18.5 Å². The Kier molecular flexibility index (Phi) is 4.83. The number of hydrogen-bond acceptors (Lipinski definition) is 3. The minimum Gasteiger partial charge on any atom is -0.316 e. The monoisotopic (exact) mass is 239 g/mol. The van der Waals surface area contributed by atoms with E-state index in [-0.39, 0.29) is 0 Å². The van der Waals surface area contributed by atoms with E-state index in [2.05, 4.69) is 36.0 Å². The molecule has 2 unspecified atom stereocenters. The molecule has 3 nitrogen and oxygen atoms in total. The number of nitrogens with zero attached hydrogens (tertiary/aromatic N) is 2. The van der Waals surface area contributed by atoms with Crippen LogP contribution >= 0.6 is 0 Å². The summed E-state index contributed by atoms with van der Waals surface area (Å²) in [6, 6.07) is 1.62. The normalized spacial score (nSPS) is 33.2. The number of likely N-dealkylation sites (tertiary alicyclic amines) is 1. The van der Waals surface area contributed by atoms with Crippen molar-refractivity contribution in [3.63, 3.8) is 0 Å². The van der Waals surface area contributed by atoms with E-state index < -0.39 is 0 Å². The third-order valence-electron chi connectivity index (χ3n) is 4.84. The van der Waals surface area contributed by atoms with Crippen LogP contribution in [0, 0.1) is 5.92 Å². The number of piperidine rings is 2. The van der Waals surface area contributed by atoms with Gasteiger partial charge in [0.15, 0.2) is 0 Å². The lowest BCUT2D eigenvalue weighted by Gasteiger charge is -2.44. The van der Waals surface area contributed by atoms with Crippen molar-refractivity contribution in [1.82, 2.24) is 15.1 Å². The molecule has 0 aliphatic carbocycles. The average molecular weight is 239 g/mol. The fourth-order valence-electron chi connectivity index (χ4n) is 3.52. The molecule has 2 saturated heterocycles. The van der Waals surface area contributed by atoms with Gasteiger partial charge in [0.05, 0.1) is 0 Å². The summed E-state index contributed by atoms with van der Waals surface area (Å²) in [5.74, 6) is 0.804. The van der Waals surface area contributed by atoms with E-state index in [0.717, 1.165) is 18.0 Å². The second-order valence-corrected chi connectivity index (χ2v) is 5.87. The predicted octanol–water partition coefficient (Wildman–Crippen LogP) is 1.40. The SMILES string of the molecule is CCN1CCC(N(C)C2CCNCC2C)CC1. The molecule has 0 bridgehead atoms. The standard InChI is InChI=1S/C14H29N3/c1-4-17-9-6-13(7-10-17)16(3)14-5-8-15-11-12(14)2/h12-15H,4-11H2,1-3H3. The Bertz CT molecular complexity index is 224. The molecular weight excluding hydrogens is 210 g/mol. The molecule has 0 spiro atoms. The van der Waals surface area contributed by atoms with E-state index in [9.17, 15) is 0 Å². The van der Waals surface area contributed by atoms with Gasteiger partial charge in [-0.05, 0) is 65.0 Å². The maximum Gasteiger partial charge on any atom is 0.0145 e. The van der Waals surface area contributed by atoms with Gasteiger partial charge < -0.3 is 15.1 Å². The highest BCUT2D eigenvalue weighted by Crippen LogP contribution is 2.23. The highest BCUT2D eigenvalue weighted by atomic mass is 15.2. The predicted molar refractivity (Wildman–Crippen MR) is 73.3 cm³/mol. The molecule has 0 aromatic heterocycles. The first-order valence-corrected chi connectivity index (χ1v) is 7.37. The quantitative estimate of drug-likeness (QED) is 0.803. The molecular formula is C14H29N3. The van der Waals surface area contributed by atoms with Crippen molar-refractivity contribution in [2.24, 2.45) is 5.92 Å². The first kappa shape index (κ1) is 13.3. The summed E-state index contributed by atoms with van der Waals surface area (Å²) in [4.78, 5) is 5.27. The molecule has 0 saturated carbocycles. The summed E-state index contributed by atoms with van der Waals surface area (Å²) >= 11 is 0. The Morgan fingerprint density at radius 3 is 2.53 bits per heavy atom. The summed E-state index contributed by atoms with van der Waals surface area (Å²) < 4.78 is 0. The Balaban J connectivity index is 1.85. The van der Waals surface area contributed by atoms with E-state index in [4.69, 9.17) is 0 Å². The first-order chi connectivity index (χ1) is 8.22. The van der Waals surface area contributed by atoms with Crippen LogP contribution in [0.3, 0.4) is 0 Å². The number of rotatable bonds is 3. The molecule has 100 valence electrons. The molecule has 0 radical (unpaired) electrons. The molecule has 0 aromatic carbocycles. The molecule has 2 aliphatic rings. The van der Waals surface area contributed by atoms with Crippen molar-refractivity contribution < 1.29 is 0 Å². The minimum atomic E-state index is 0.800. The largest absolute Gasteiger partial charge is 0.316 e. The Morgan fingerprint density at radius 1 is 1.24 bits per heavy atom. The Labute approximate surface area is 107 Å². The van der Waals surface area contributed by atoms with Crippen LogP contribution in [0.15, 0.2) is 0 Å². The van der Waals surface area contributed by atoms with E-state index >= 15 is 0 Å². The van der Waals surface area contributed by atoms with Gasteiger partial charge in [0.2, 0.25) is 0 Å². The van der Waals surface area contributed by atoms with Gasteiger partial charge in [-0.2, -0.15) is 0 Å². The number of nitrogens with one attached hydrogen (secondary N) is 1. The smallest absolute Gasteiger partial charge is 0.0145 e. The molecule has 2 fully saturated rings. The third-order valence-corrected chi connectivity index (χ3v) is 4.84. The van der Waals surface area contributed by atoms with Gasteiger partial charge in [-0.25, -0.2) is 0 Å². The molecule has 2 aliphatic heterocycles. The molecule has 3 heteroatoms. The van der Waals surface area contributed by atoms with Crippen LogP contribution in [0.4, 0.5) is 0 Å². The van der Waals surface area contributed by atoms with E-state index in [1.807, 2.05) is 0 Å². The summed E-state index contributed by atoms with van der Waals surface area (Å²) in [6.07, 6.45) is 4.05. The lowest BCUT2D eigenvalue weighted by molar-refractivity contribution is 0.0624. The summed E-state index contributed by atoms with van der Waals surface area (Å²) in [5, 5.41) is 3.50. The third kappa shape index (κ3) is 3.21.